The fourth-order valence-corrected chi connectivity index (χ4v) is 3.99. The largest absolute Gasteiger partial charge is 0.397 e. The van der Waals surface area contributed by atoms with Gasteiger partial charge >= 0.3 is 0 Å². The predicted molar refractivity (Wildman–Crippen MR) is 119 cm³/mol. The molecule has 0 amide bonds. The van der Waals surface area contributed by atoms with Crippen LogP contribution in [0.15, 0.2) is 53.8 Å². The number of nitrogens with two attached hydrogens (primary N) is 2. The number of piperazine rings is 1. The number of pyridine rings is 3. The summed E-state index contributed by atoms with van der Waals surface area (Å²) in [5, 5.41) is 9.79. The molecule has 9 nitrogen and oxygen atoms in total. The maximum absolute atomic E-state index is 11.9. The Bertz CT molecular complexity index is 1240. The van der Waals surface area contributed by atoms with E-state index in [1.807, 2.05) is 18.2 Å². The van der Waals surface area contributed by atoms with Gasteiger partial charge in [0.15, 0.2) is 9.84 Å². The number of sulfone groups is 1. The molecule has 3 aromatic rings. The molecule has 0 spiro atoms. The van der Waals surface area contributed by atoms with Gasteiger partial charge in [0.2, 0.25) is 5.71 Å². The lowest BCUT2D eigenvalue weighted by Crippen LogP contribution is -2.45. The SMILES string of the molecule is CS(=O)(=O)c1cncc(-c2cc(C(=[NH2+])c3cccc(N4CCNCC4)n3)c(N)cn2)c1. The van der Waals surface area contributed by atoms with Gasteiger partial charge in [-0.2, -0.15) is 0 Å². The van der Waals surface area contributed by atoms with Crippen molar-refractivity contribution >= 4 is 27.1 Å². The lowest BCUT2D eigenvalue weighted by atomic mass is 10.0. The minimum absolute atomic E-state index is 0.118. The van der Waals surface area contributed by atoms with Crippen LogP contribution in [0.1, 0.15) is 11.3 Å². The van der Waals surface area contributed by atoms with Crippen molar-refractivity contribution in [2.24, 2.45) is 0 Å². The van der Waals surface area contributed by atoms with Crippen molar-refractivity contribution < 1.29 is 13.8 Å². The van der Waals surface area contributed by atoms with Gasteiger partial charge in [-0.25, -0.2) is 13.4 Å². The van der Waals surface area contributed by atoms with E-state index >= 15 is 0 Å². The topological polar surface area (TPSA) is 140 Å². The number of nitrogens with one attached hydrogen (secondary N) is 1. The van der Waals surface area contributed by atoms with Crippen molar-refractivity contribution in [3.63, 3.8) is 0 Å². The van der Waals surface area contributed by atoms with Gasteiger partial charge in [0.1, 0.15) is 11.5 Å². The van der Waals surface area contributed by atoms with Crippen LogP contribution in [0.25, 0.3) is 11.3 Å². The Morgan fingerprint density at radius 1 is 1.16 bits per heavy atom. The first-order valence-electron chi connectivity index (χ1n) is 9.80. The van der Waals surface area contributed by atoms with Crippen molar-refractivity contribution in [2.75, 3.05) is 43.1 Å². The fourth-order valence-electron chi connectivity index (χ4n) is 3.40. The molecule has 1 fully saturated rings. The van der Waals surface area contributed by atoms with Gasteiger partial charge in [0.25, 0.3) is 0 Å². The van der Waals surface area contributed by atoms with E-state index in [1.54, 1.807) is 12.3 Å². The summed E-state index contributed by atoms with van der Waals surface area (Å²) in [6, 6.07) is 8.99. The van der Waals surface area contributed by atoms with Crippen molar-refractivity contribution in [3.05, 3.63) is 60.2 Å². The minimum Gasteiger partial charge on any atom is -0.397 e. The molecule has 10 heteroatoms. The molecule has 0 aliphatic carbocycles. The molecular formula is C21H24N7O2S+. The van der Waals surface area contributed by atoms with E-state index in [4.69, 9.17) is 16.1 Å². The van der Waals surface area contributed by atoms with E-state index in [9.17, 15) is 8.42 Å². The summed E-state index contributed by atoms with van der Waals surface area (Å²) < 4.78 is 23.7. The van der Waals surface area contributed by atoms with Gasteiger partial charge in [0.05, 0.1) is 28.0 Å². The number of nitrogen functional groups attached to an aromatic ring is 1. The van der Waals surface area contributed by atoms with E-state index < -0.39 is 9.84 Å². The summed E-state index contributed by atoms with van der Waals surface area (Å²) in [6.07, 6.45) is 5.50. The summed E-state index contributed by atoms with van der Waals surface area (Å²) >= 11 is 0. The van der Waals surface area contributed by atoms with Crippen LogP contribution in [0.5, 0.6) is 0 Å². The van der Waals surface area contributed by atoms with Crippen molar-refractivity contribution in [1.82, 2.24) is 20.3 Å². The number of nitrogens with zero attached hydrogens (tertiary/aromatic N) is 4. The molecule has 31 heavy (non-hydrogen) atoms. The molecule has 1 aliphatic heterocycles. The van der Waals surface area contributed by atoms with Gasteiger partial charge in [-0.1, -0.05) is 6.07 Å². The van der Waals surface area contributed by atoms with Crippen LogP contribution in [0.2, 0.25) is 0 Å². The summed E-state index contributed by atoms with van der Waals surface area (Å²) in [5.41, 5.74) is 9.26. The molecule has 160 valence electrons. The molecule has 1 aliphatic rings. The minimum atomic E-state index is -3.39. The molecular weight excluding hydrogens is 414 g/mol. The van der Waals surface area contributed by atoms with Crippen LogP contribution in [0.4, 0.5) is 11.5 Å². The maximum atomic E-state index is 11.9. The van der Waals surface area contributed by atoms with E-state index in [0.29, 0.717) is 33.9 Å². The Balaban J connectivity index is 1.69. The molecule has 4 heterocycles. The van der Waals surface area contributed by atoms with E-state index in [-0.39, 0.29) is 4.90 Å². The predicted octanol–water partition coefficient (Wildman–Crippen LogP) is -0.470. The number of hydrogen-bond acceptors (Lipinski definition) is 8. The zero-order valence-electron chi connectivity index (χ0n) is 17.1. The maximum Gasteiger partial charge on any atom is 0.232 e. The summed E-state index contributed by atoms with van der Waals surface area (Å²) in [6.45, 7) is 3.57. The average Bonchev–Trinajstić information content (AvgIpc) is 2.79. The Kier molecular flexibility index (Phi) is 5.66. The van der Waals surface area contributed by atoms with Crippen molar-refractivity contribution in [1.29, 1.82) is 0 Å². The van der Waals surface area contributed by atoms with Crippen LogP contribution >= 0.6 is 0 Å². The Hall–Kier alpha value is -3.37. The molecule has 0 atom stereocenters. The van der Waals surface area contributed by atoms with Crippen LogP contribution in [0, 0.1) is 0 Å². The molecule has 0 aromatic carbocycles. The summed E-state index contributed by atoms with van der Waals surface area (Å²) in [7, 11) is -3.39. The molecule has 4 rings (SSSR count). The third-order valence-corrected chi connectivity index (χ3v) is 6.19. The smallest absolute Gasteiger partial charge is 0.232 e. The van der Waals surface area contributed by atoms with E-state index in [1.165, 1.54) is 18.5 Å². The van der Waals surface area contributed by atoms with Crippen LogP contribution in [0.3, 0.4) is 0 Å². The van der Waals surface area contributed by atoms with Crippen molar-refractivity contribution in [2.45, 2.75) is 4.90 Å². The second-order valence-corrected chi connectivity index (χ2v) is 9.39. The average molecular weight is 439 g/mol. The van der Waals surface area contributed by atoms with E-state index in [2.05, 4.69) is 20.2 Å². The highest BCUT2D eigenvalue weighted by Crippen LogP contribution is 2.24. The van der Waals surface area contributed by atoms with E-state index in [0.717, 1.165) is 38.3 Å². The number of aromatic nitrogens is 3. The first-order valence-corrected chi connectivity index (χ1v) is 11.7. The Morgan fingerprint density at radius 3 is 2.68 bits per heavy atom. The fraction of sp³-hybridized carbons (Fsp3) is 0.238. The quantitative estimate of drug-likeness (QED) is 0.454. The van der Waals surface area contributed by atoms with Crippen LogP contribution in [-0.2, 0) is 9.84 Å². The van der Waals surface area contributed by atoms with Gasteiger partial charge in [-0.3, -0.25) is 15.4 Å². The van der Waals surface area contributed by atoms with Crippen molar-refractivity contribution in [3.8, 4) is 11.3 Å². The highest BCUT2D eigenvalue weighted by molar-refractivity contribution is 7.90. The molecule has 0 bridgehead atoms. The highest BCUT2D eigenvalue weighted by Gasteiger charge is 2.20. The zero-order valence-corrected chi connectivity index (χ0v) is 17.9. The highest BCUT2D eigenvalue weighted by atomic mass is 32.2. The normalized spacial score (nSPS) is 14.4. The molecule has 0 radical (unpaired) electrons. The number of rotatable bonds is 5. The first-order chi connectivity index (χ1) is 14.8. The number of anilines is 2. The number of hydrogen-bond donors (Lipinski definition) is 3. The molecule has 1 saturated heterocycles. The summed E-state index contributed by atoms with van der Waals surface area (Å²) in [5.74, 6) is 0.861. The third-order valence-electron chi connectivity index (χ3n) is 5.11. The Labute approximate surface area is 180 Å². The first kappa shape index (κ1) is 20.9. The lowest BCUT2D eigenvalue weighted by Gasteiger charge is -2.28. The molecule has 3 aromatic heterocycles. The van der Waals surface area contributed by atoms with Crippen LogP contribution < -0.4 is 21.4 Å². The second-order valence-electron chi connectivity index (χ2n) is 7.37. The van der Waals surface area contributed by atoms with Gasteiger partial charge in [-0.05, 0) is 24.3 Å². The standard InChI is InChI=1S/C21H23N7O2S/c1-31(29,30)15-9-14(11-25-12-15)19-10-16(17(22)13-26-19)21(23)18-3-2-4-20(27-18)28-7-5-24-6-8-28/h2-4,9-13,23-24H,5-8,22H2,1H3/p+1. The Morgan fingerprint density at radius 2 is 1.94 bits per heavy atom. The second kappa shape index (κ2) is 8.40. The molecule has 0 unspecified atom stereocenters. The summed E-state index contributed by atoms with van der Waals surface area (Å²) in [4.78, 5) is 15.4. The zero-order chi connectivity index (χ0) is 22.0. The van der Waals surface area contributed by atoms with Gasteiger partial charge in [0, 0.05) is 50.4 Å². The van der Waals surface area contributed by atoms with Crippen LogP contribution in [-0.4, -0.2) is 61.5 Å². The lowest BCUT2D eigenvalue weighted by molar-refractivity contribution is -0.111. The van der Waals surface area contributed by atoms with Gasteiger partial charge < -0.3 is 16.0 Å². The monoisotopic (exact) mass is 438 g/mol. The molecule has 0 saturated carbocycles. The third kappa shape index (κ3) is 4.54. The molecule has 5 N–H and O–H groups in total. The van der Waals surface area contributed by atoms with Gasteiger partial charge in [-0.15, -0.1) is 0 Å².